The first-order valence-electron chi connectivity index (χ1n) is 6.45. The predicted octanol–water partition coefficient (Wildman–Crippen LogP) is 3.33. The van der Waals surface area contributed by atoms with Crippen LogP contribution in [0, 0.1) is 12.7 Å². The van der Waals surface area contributed by atoms with Gasteiger partial charge >= 0.3 is 0 Å². The van der Waals surface area contributed by atoms with Crippen LogP contribution in [0.15, 0.2) is 47.4 Å². The lowest BCUT2D eigenvalue weighted by atomic mass is 10.2. The molecule has 0 bridgehead atoms. The molecule has 0 unspecified atom stereocenters. The van der Waals surface area contributed by atoms with Crippen molar-refractivity contribution in [2.45, 2.75) is 18.7 Å². The average molecular weight is 309 g/mol. The lowest BCUT2D eigenvalue weighted by Crippen LogP contribution is -2.14. The van der Waals surface area contributed by atoms with E-state index < -0.39 is 15.8 Å². The summed E-state index contributed by atoms with van der Waals surface area (Å²) >= 11 is 0. The van der Waals surface area contributed by atoms with Gasteiger partial charge in [0.1, 0.15) is 0 Å². The van der Waals surface area contributed by atoms with E-state index in [0.29, 0.717) is 12.3 Å². The minimum Gasteiger partial charge on any atom is -0.491 e. The van der Waals surface area contributed by atoms with Crippen molar-refractivity contribution in [2.24, 2.45) is 0 Å². The molecule has 0 saturated heterocycles. The number of hydrogen-bond acceptors (Lipinski definition) is 3. The smallest absolute Gasteiger partial charge is 0.262 e. The van der Waals surface area contributed by atoms with E-state index in [9.17, 15) is 12.8 Å². The van der Waals surface area contributed by atoms with Gasteiger partial charge < -0.3 is 4.74 Å². The quantitative estimate of drug-likeness (QED) is 0.921. The molecule has 6 heteroatoms. The van der Waals surface area contributed by atoms with Gasteiger partial charge in [0.05, 0.1) is 17.2 Å². The third-order valence-electron chi connectivity index (χ3n) is 2.90. The van der Waals surface area contributed by atoms with Gasteiger partial charge in [-0.2, -0.15) is 0 Å². The third-order valence-corrected chi connectivity index (χ3v) is 4.27. The van der Waals surface area contributed by atoms with Crippen LogP contribution in [0.25, 0.3) is 0 Å². The Morgan fingerprint density at radius 2 is 1.90 bits per heavy atom. The third kappa shape index (κ3) is 3.52. The van der Waals surface area contributed by atoms with Crippen LogP contribution in [0.4, 0.5) is 10.1 Å². The number of hydrogen-bond donors (Lipinski definition) is 1. The summed E-state index contributed by atoms with van der Waals surface area (Å²) in [5.41, 5.74) is 1.25. The number of para-hydroxylation sites is 1. The highest BCUT2D eigenvalue weighted by atomic mass is 32.2. The second-order valence-corrected chi connectivity index (χ2v) is 6.13. The van der Waals surface area contributed by atoms with Gasteiger partial charge in [-0.3, -0.25) is 4.72 Å². The number of benzene rings is 2. The monoisotopic (exact) mass is 309 g/mol. The molecule has 1 N–H and O–H groups in total. The summed E-state index contributed by atoms with van der Waals surface area (Å²) < 4.78 is 45.8. The number of halogens is 1. The molecule has 0 spiro atoms. The Kier molecular flexibility index (Phi) is 4.47. The van der Waals surface area contributed by atoms with Crippen molar-refractivity contribution >= 4 is 15.7 Å². The van der Waals surface area contributed by atoms with Gasteiger partial charge in [0.2, 0.25) is 0 Å². The summed E-state index contributed by atoms with van der Waals surface area (Å²) in [6.07, 6.45) is 0. The zero-order valence-corrected chi connectivity index (χ0v) is 12.6. The minimum atomic E-state index is -3.84. The van der Waals surface area contributed by atoms with Crippen molar-refractivity contribution in [3.05, 3.63) is 53.8 Å². The van der Waals surface area contributed by atoms with Gasteiger partial charge in [-0.15, -0.1) is 0 Å². The molecule has 0 fully saturated rings. The van der Waals surface area contributed by atoms with E-state index >= 15 is 0 Å². The highest BCUT2D eigenvalue weighted by Gasteiger charge is 2.17. The lowest BCUT2D eigenvalue weighted by Gasteiger charge is -2.11. The van der Waals surface area contributed by atoms with Crippen molar-refractivity contribution < 1.29 is 17.5 Å². The Labute approximate surface area is 123 Å². The second-order valence-electron chi connectivity index (χ2n) is 4.45. The molecular weight excluding hydrogens is 293 g/mol. The molecule has 0 aliphatic heterocycles. The molecule has 4 nitrogen and oxygen atoms in total. The van der Waals surface area contributed by atoms with Crippen molar-refractivity contribution in [1.82, 2.24) is 0 Å². The van der Waals surface area contributed by atoms with E-state index in [-0.39, 0.29) is 10.6 Å². The first-order valence-corrected chi connectivity index (χ1v) is 7.93. The number of aryl methyl sites for hydroxylation is 1. The van der Waals surface area contributed by atoms with Crippen LogP contribution in [-0.2, 0) is 10.0 Å². The standard InChI is InChI=1S/C15H16FNO3S/c1-3-20-15-9-8-12(10-13(15)16)21(18,19)17-14-7-5-4-6-11(14)2/h4-10,17H,3H2,1-2H3. The van der Waals surface area contributed by atoms with Gasteiger partial charge in [0, 0.05) is 0 Å². The minimum absolute atomic E-state index is 0.0346. The zero-order chi connectivity index (χ0) is 15.5. The Bertz CT molecular complexity index is 744. The number of nitrogens with one attached hydrogen (secondary N) is 1. The molecule has 2 aromatic rings. The van der Waals surface area contributed by atoms with Crippen LogP contribution in [-0.4, -0.2) is 15.0 Å². The molecule has 112 valence electrons. The van der Waals surface area contributed by atoms with Crippen LogP contribution >= 0.6 is 0 Å². The predicted molar refractivity (Wildman–Crippen MR) is 79.6 cm³/mol. The number of anilines is 1. The van der Waals surface area contributed by atoms with Crippen LogP contribution in [0.3, 0.4) is 0 Å². The Morgan fingerprint density at radius 1 is 1.19 bits per heavy atom. The molecule has 2 aromatic carbocycles. The normalized spacial score (nSPS) is 11.2. The molecular formula is C15H16FNO3S. The Balaban J connectivity index is 2.32. The average Bonchev–Trinajstić information content (AvgIpc) is 2.43. The number of sulfonamides is 1. The second kappa shape index (κ2) is 6.13. The number of rotatable bonds is 5. The molecule has 21 heavy (non-hydrogen) atoms. The topological polar surface area (TPSA) is 55.4 Å². The van der Waals surface area contributed by atoms with E-state index in [0.717, 1.165) is 11.6 Å². The molecule has 0 atom stereocenters. The molecule has 0 saturated carbocycles. The molecule has 0 heterocycles. The van der Waals surface area contributed by atoms with Gasteiger partial charge in [0.15, 0.2) is 11.6 Å². The first kappa shape index (κ1) is 15.3. The van der Waals surface area contributed by atoms with Crippen molar-refractivity contribution in [3.8, 4) is 5.75 Å². The van der Waals surface area contributed by atoms with E-state index in [1.165, 1.54) is 12.1 Å². The summed E-state index contributed by atoms with van der Waals surface area (Å²) in [5.74, 6) is -0.670. The van der Waals surface area contributed by atoms with Crippen LogP contribution in [0.2, 0.25) is 0 Å². The Hall–Kier alpha value is -2.08. The summed E-state index contributed by atoms with van der Waals surface area (Å²) in [6, 6.07) is 10.5. The van der Waals surface area contributed by atoms with Gasteiger partial charge in [0.25, 0.3) is 10.0 Å². The fraction of sp³-hybridized carbons (Fsp3) is 0.200. The molecule has 0 aliphatic rings. The number of ether oxygens (including phenoxy) is 1. The summed E-state index contributed by atoms with van der Waals surface area (Å²) in [6.45, 7) is 3.82. The maximum atomic E-state index is 13.8. The van der Waals surface area contributed by atoms with Gasteiger partial charge in [-0.05, 0) is 43.7 Å². The van der Waals surface area contributed by atoms with E-state index in [2.05, 4.69) is 4.72 Å². The highest BCUT2D eigenvalue weighted by Crippen LogP contribution is 2.24. The van der Waals surface area contributed by atoms with Gasteiger partial charge in [-0.1, -0.05) is 18.2 Å². The van der Waals surface area contributed by atoms with Crippen molar-refractivity contribution in [2.75, 3.05) is 11.3 Å². The SMILES string of the molecule is CCOc1ccc(S(=O)(=O)Nc2ccccc2C)cc1F. The van der Waals surface area contributed by atoms with E-state index in [1.807, 2.05) is 6.07 Å². The van der Waals surface area contributed by atoms with Crippen molar-refractivity contribution in [1.29, 1.82) is 0 Å². The summed E-state index contributed by atoms with van der Waals surface area (Å²) in [4.78, 5) is -0.147. The highest BCUT2D eigenvalue weighted by molar-refractivity contribution is 7.92. The fourth-order valence-electron chi connectivity index (χ4n) is 1.81. The van der Waals surface area contributed by atoms with Crippen LogP contribution < -0.4 is 9.46 Å². The molecule has 0 amide bonds. The fourth-order valence-corrected chi connectivity index (χ4v) is 2.95. The lowest BCUT2D eigenvalue weighted by molar-refractivity contribution is 0.321. The molecule has 0 aromatic heterocycles. The maximum absolute atomic E-state index is 13.8. The van der Waals surface area contributed by atoms with Crippen molar-refractivity contribution in [3.63, 3.8) is 0 Å². The largest absolute Gasteiger partial charge is 0.491 e. The summed E-state index contributed by atoms with van der Waals surface area (Å²) in [5, 5.41) is 0. The zero-order valence-electron chi connectivity index (χ0n) is 11.8. The molecule has 2 rings (SSSR count). The van der Waals surface area contributed by atoms with E-state index in [1.54, 1.807) is 32.0 Å². The summed E-state index contributed by atoms with van der Waals surface area (Å²) in [7, 11) is -3.84. The molecule has 0 radical (unpaired) electrons. The van der Waals surface area contributed by atoms with E-state index in [4.69, 9.17) is 4.74 Å². The Morgan fingerprint density at radius 3 is 2.52 bits per heavy atom. The van der Waals surface area contributed by atoms with Gasteiger partial charge in [-0.25, -0.2) is 12.8 Å². The first-order chi connectivity index (χ1) is 9.94. The maximum Gasteiger partial charge on any atom is 0.262 e. The van der Waals surface area contributed by atoms with Crippen LogP contribution in [0.5, 0.6) is 5.75 Å². The van der Waals surface area contributed by atoms with Crippen LogP contribution in [0.1, 0.15) is 12.5 Å². The molecule has 0 aliphatic carbocycles.